The number of aryl methyl sites for hydroxylation is 1. The van der Waals surface area contributed by atoms with E-state index in [1.807, 2.05) is 43.3 Å². The van der Waals surface area contributed by atoms with Crippen molar-refractivity contribution in [1.29, 1.82) is 0 Å². The zero-order chi connectivity index (χ0) is 16.1. The van der Waals surface area contributed by atoms with Crippen LogP contribution in [0.15, 0.2) is 48.5 Å². The fraction of sp³-hybridized carbons (Fsp3) is 0.278. The summed E-state index contributed by atoms with van der Waals surface area (Å²) in [4.78, 5) is 12.0. The smallest absolute Gasteiger partial charge is 0.351 e. The highest BCUT2D eigenvalue weighted by molar-refractivity contribution is 5.76. The van der Waals surface area contributed by atoms with E-state index in [1.165, 1.54) is 5.56 Å². The third kappa shape index (κ3) is 3.94. The first-order chi connectivity index (χ1) is 11.2. The Morgan fingerprint density at radius 1 is 1.09 bits per heavy atom. The van der Waals surface area contributed by atoms with Crippen LogP contribution in [-0.2, 0) is 9.53 Å². The Morgan fingerprint density at radius 2 is 1.83 bits per heavy atom. The molecule has 2 aromatic rings. The van der Waals surface area contributed by atoms with Gasteiger partial charge in [0.15, 0.2) is 11.5 Å². The second-order valence-corrected chi connectivity index (χ2v) is 5.19. The normalized spacial score (nSPS) is 15.8. The molecule has 0 saturated carbocycles. The number of carbonyl (C=O) groups is 1. The van der Waals surface area contributed by atoms with Crippen LogP contribution in [0.2, 0.25) is 0 Å². The lowest BCUT2D eigenvalue weighted by Gasteiger charge is -2.24. The summed E-state index contributed by atoms with van der Waals surface area (Å²) in [5.41, 5.74) is 1.17. The molecule has 1 atom stereocenters. The summed E-state index contributed by atoms with van der Waals surface area (Å²) in [6.07, 6.45) is -0.746. The minimum Gasteiger partial charge on any atom is -0.490 e. The van der Waals surface area contributed by atoms with Gasteiger partial charge in [0.2, 0.25) is 6.10 Å². The van der Waals surface area contributed by atoms with E-state index >= 15 is 0 Å². The summed E-state index contributed by atoms with van der Waals surface area (Å²) in [5, 5.41) is 0. The van der Waals surface area contributed by atoms with Gasteiger partial charge < -0.3 is 18.9 Å². The van der Waals surface area contributed by atoms with Crippen LogP contribution in [0, 0.1) is 6.92 Å². The maximum Gasteiger partial charge on any atom is 0.351 e. The number of benzene rings is 2. The fourth-order valence-corrected chi connectivity index (χ4v) is 2.16. The zero-order valence-electron chi connectivity index (χ0n) is 12.9. The first kappa shape index (κ1) is 15.2. The number of ether oxygens (including phenoxy) is 4. The predicted molar refractivity (Wildman–Crippen MR) is 84.0 cm³/mol. The molecule has 5 nitrogen and oxygen atoms in total. The maximum absolute atomic E-state index is 12.0. The maximum atomic E-state index is 12.0. The minimum absolute atomic E-state index is 0.147. The van der Waals surface area contributed by atoms with Gasteiger partial charge in [-0.2, -0.15) is 0 Å². The van der Waals surface area contributed by atoms with E-state index in [-0.39, 0.29) is 13.2 Å². The van der Waals surface area contributed by atoms with E-state index in [0.29, 0.717) is 18.1 Å². The van der Waals surface area contributed by atoms with Crippen LogP contribution >= 0.6 is 0 Å². The van der Waals surface area contributed by atoms with Crippen molar-refractivity contribution >= 4 is 5.97 Å². The van der Waals surface area contributed by atoms with Gasteiger partial charge in [0.1, 0.15) is 25.6 Å². The summed E-state index contributed by atoms with van der Waals surface area (Å²) in [5.74, 6) is 1.49. The Bertz CT molecular complexity index is 665. The summed E-state index contributed by atoms with van der Waals surface area (Å²) in [6, 6.07) is 14.9. The Morgan fingerprint density at radius 3 is 2.61 bits per heavy atom. The van der Waals surface area contributed by atoms with E-state index < -0.39 is 12.1 Å². The quantitative estimate of drug-likeness (QED) is 0.627. The third-order valence-electron chi connectivity index (χ3n) is 3.39. The highest BCUT2D eigenvalue weighted by atomic mass is 16.6. The van der Waals surface area contributed by atoms with Crippen LogP contribution in [0.4, 0.5) is 0 Å². The Hall–Kier alpha value is -2.69. The monoisotopic (exact) mass is 314 g/mol. The second kappa shape index (κ2) is 7.05. The first-order valence-electron chi connectivity index (χ1n) is 7.47. The SMILES string of the molecule is Cc1ccc(OCCOC(=O)C2COc3ccccc3O2)cc1. The van der Waals surface area contributed by atoms with Crippen molar-refractivity contribution in [3.05, 3.63) is 54.1 Å². The number of hydrogen-bond acceptors (Lipinski definition) is 5. The molecular weight excluding hydrogens is 296 g/mol. The van der Waals surface area contributed by atoms with Crippen molar-refractivity contribution in [2.75, 3.05) is 19.8 Å². The van der Waals surface area contributed by atoms with Crippen molar-refractivity contribution in [1.82, 2.24) is 0 Å². The number of hydrogen-bond donors (Lipinski definition) is 0. The average molecular weight is 314 g/mol. The lowest BCUT2D eigenvalue weighted by Crippen LogP contribution is -2.38. The van der Waals surface area contributed by atoms with E-state index in [2.05, 4.69) is 0 Å². The Balaban J connectivity index is 1.42. The van der Waals surface area contributed by atoms with Crippen LogP contribution in [-0.4, -0.2) is 31.9 Å². The van der Waals surface area contributed by atoms with Gasteiger partial charge in [0, 0.05) is 0 Å². The molecule has 3 rings (SSSR count). The molecule has 1 unspecified atom stereocenters. The molecule has 0 aromatic heterocycles. The first-order valence-corrected chi connectivity index (χ1v) is 7.47. The van der Waals surface area contributed by atoms with Crippen molar-refractivity contribution < 1.29 is 23.7 Å². The Kier molecular flexibility index (Phi) is 4.66. The molecule has 2 aromatic carbocycles. The lowest BCUT2D eigenvalue weighted by atomic mass is 10.2. The van der Waals surface area contributed by atoms with Gasteiger partial charge in [-0.1, -0.05) is 29.8 Å². The molecule has 5 heteroatoms. The number of carbonyl (C=O) groups excluding carboxylic acids is 1. The van der Waals surface area contributed by atoms with E-state index in [9.17, 15) is 4.79 Å². The summed E-state index contributed by atoms with van der Waals surface area (Å²) in [6.45, 7) is 2.61. The predicted octanol–water partition coefficient (Wildman–Crippen LogP) is 2.76. The summed E-state index contributed by atoms with van der Waals surface area (Å²) >= 11 is 0. The largest absolute Gasteiger partial charge is 0.490 e. The van der Waals surface area contributed by atoms with Crippen molar-refractivity contribution in [3.63, 3.8) is 0 Å². The number of rotatable bonds is 5. The topological polar surface area (TPSA) is 54.0 Å². The summed E-state index contributed by atoms with van der Waals surface area (Å²) < 4.78 is 21.7. The second-order valence-electron chi connectivity index (χ2n) is 5.19. The molecule has 0 aliphatic carbocycles. The average Bonchev–Trinajstić information content (AvgIpc) is 2.59. The van der Waals surface area contributed by atoms with Crippen LogP contribution in [0.1, 0.15) is 5.56 Å². The minimum atomic E-state index is -0.746. The highest BCUT2D eigenvalue weighted by Gasteiger charge is 2.28. The van der Waals surface area contributed by atoms with Crippen LogP contribution in [0.25, 0.3) is 0 Å². The molecule has 0 bridgehead atoms. The molecule has 120 valence electrons. The van der Waals surface area contributed by atoms with Crippen LogP contribution in [0.5, 0.6) is 17.2 Å². The third-order valence-corrected chi connectivity index (χ3v) is 3.39. The number of para-hydroxylation sites is 2. The molecule has 0 amide bonds. The van der Waals surface area contributed by atoms with E-state index in [0.717, 1.165) is 5.75 Å². The molecule has 1 aliphatic rings. The molecule has 0 fully saturated rings. The molecule has 1 heterocycles. The molecule has 23 heavy (non-hydrogen) atoms. The molecule has 0 N–H and O–H groups in total. The Labute approximate surface area is 134 Å². The van der Waals surface area contributed by atoms with Gasteiger partial charge in [-0.05, 0) is 31.2 Å². The van der Waals surface area contributed by atoms with Crippen molar-refractivity contribution in [2.24, 2.45) is 0 Å². The molecule has 0 radical (unpaired) electrons. The number of esters is 1. The van der Waals surface area contributed by atoms with Gasteiger partial charge >= 0.3 is 5.97 Å². The molecule has 1 aliphatic heterocycles. The van der Waals surface area contributed by atoms with Gasteiger partial charge in [-0.25, -0.2) is 4.79 Å². The van der Waals surface area contributed by atoms with Crippen molar-refractivity contribution in [2.45, 2.75) is 13.0 Å². The highest BCUT2D eigenvalue weighted by Crippen LogP contribution is 2.31. The van der Waals surface area contributed by atoms with Crippen LogP contribution < -0.4 is 14.2 Å². The van der Waals surface area contributed by atoms with Gasteiger partial charge in [0.25, 0.3) is 0 Å². The van der Waals surface area contributed by atoms with Gasteiger partial charge in [-0.15, -0.1) is 0 Å². The van der Waals surface area contributed by atoms with Crippen molar-refractivity contribution in [3.8, 4) is 17.2 Å². The van der Waals surface area contributed by atoms with Crippen LogP contribution in [0.3, 0.4) is 0 Å². The molecular formula is C18H18O5. The van der Waals surface area contributed by atoms with Gasteiger partial charge in [0.05, 0.1) is 0 Å². The molecule has 0 spiro atoms. The zero-order valence-corrected chi connectivity index (χ0v) is 12.9. The molecule has 0 saturated heterocycles. The van der Waals surface area contributed by atoms with E-state index in [1.54, 1.807) is 12.1 Å². The standard InChI is InChI=1S/C18H18O5/c1-13-6-8-14(9-7-13)20-10-11-21-18(19)17-12-22-15-4-2-3-5-16(15)23-17/h2-9,17H,10-12H2,1H3. The lowest BCUT2D eigenvalue weighted by molar-refractivity contribution is -0.155. The summed E-state index contributed by atoms with van der Waals surface area (Å²) in [7, 11) is 0. The van der Waals surface area contributed by atoms with Gasteiger partial charge in [-0.3, -0.25) is 0 Å². The number of fused-ring (bicyclic) bond motifs is 1. The fourth-order valence-electron chi connectivity index (χ4n) is 2.16. The van der Waals surface area contributed by atoms with E-state index in [4.69, 9.17) is 18.9 Å².